The molecule has 5 heteroatoms. The highest BCUT2D eigenvalue weighted by Gasteiger charge is 2.11. The molecule has 1 heterocycles. The summed E-state index contributed by atoms with van der Waals surface area (Å²) < 4.78 is 14.3. The smallest absolute Gasteiger partial charge is 0.144 e. The molecule has 18 heavy (non-hydrogen) atoms. The van der Waals surface area contributed by atoms with Gasteiger partial charge in [-0.15, -0.1) is 11.3 Å². The van der Waals surface area contributed by atoms with Crippen LogP contribution in [-0.4, -0.2) is 10.8 Å². The Balaban J connectivity index is 2.05. The van der Waals surface area contributed by atoms with Crippen LogP contribution in [0.1, 0.15) is 16.3 Å². The number of thiazole rings is 1. The maximum Gasteiger partial charge on any atom is 0.144 e. The van der Waals surface area contributed by atoms with Gasteiger partial charge in [-0.1, -0.05) is 15.9 Å². The number of Topliss-reactive ketones (excluding diaryl/α,β-unsaturated/α-hetero) is 1. The highest BCUT2D eigenvalue weighted by atomic mass is 79.9. The first-order valence-electron chi connectivity index (χ1n) is 5.41. The van der Waals surface area contributed by atoms with E-state index in [0.29, 0.717) is 5.56 Å². The van der Waals surface area contributed by atoms with Gasteiger partial charge in [-0.25, -0.2) is 9.37 Å². The van der Waals surface area contributed by atoms with Gasteiger partial charge in [0.25, 0.3) is 0 Å². The molecule has 0 amide bonds. The van der Waals surface area contributed by atoms with Crippen molar-refractivity contribution in [3.63, 3.8) is 0 Å². The number of aromatic nitrogens is 1. The molecule has 0 aliphatic rings. The first kappa shape index (κ1) is 13.4. The number of carbonyl (C=O) groups is 1. The van der Waals surface area contributed by atoms with Gasteiger partial charge in [-0.3, -0.25) is 4.79 Å². The van der Waals surface area contributed by atoms with Gasteiger partial charge in [0.05, 0.1) is 6.42 Å². The predicted molar refractivity (Wildman–Crippen MR) is 73.4 cm³/mol. The highest BCUT2D eigenvalue weighted by Crippen LogP contribution is 2.17. The van der Waals surface area contributed by atoms with E-state index in [1.54, 1.807) is 12.1 Å². The summed E-state index contributed by atoms with van der Waals surface area (Å²) in [5.41, 5.74) is 1.33. The first-order chi connectivity index (χ1) is 8.54. The Hall–Kier alpha value is -1.07. The summed E-state index contributed by atoms with van der Waals surface area (Å²) in [4.78, 5) is 16.1. The molecule has 1 aromatic carbocycles. The molecule has 2 nitrogen and oxygen atoms in total. The van der Waals surface area contributed by atoms with Gasteiger partial charge >= 0.3 is 0 Å². The molecule has 0 N–H and O–H groups in total. The lowest BCUT2D eigenvalue weighted by Gasteiger charge is -2.02. The van der Waals surface area contributed by atoms with Crippen LogP contribution in [0.15, 0.2) is 28.1 Å². The van der Waals surface area contributed by atoms with Crippen LogP contribution in [0.25, 0.3) is 0 Å². The van der Waals surface area contributed by atoms with Gasteiger partial charge in [0, 0.05) is 22.0 Å². The fraction of sp³-hybridized carbons (Fsp3) is 0.231. The Kier molecular flexibility index (Phi) is 4.24. The molecule has 0 fully saturated rings. The van der Waals surface area contributed by atoms with Crippen LogP contribution < -0.4 is 0 Å². The molecule has 0 radical (unpaired) electrons. The van der Waals surface area contributed by atoms with Crippen molar-refractivity contribution >= 4 is 33.0 Å². The molecule has 2 aromatic rings. The molecule has 94 valence electrons. The SMILES string of the molecule is Cc1csc(CC(=O)Cc2cc(Br)ccc2F)n1. The second-order valence-corrected chi connectivity index (χ2v) is 5.87. The molecular weight excluding hydrogens is 317 g/mol. The molecule has 0 unspecified atom stereocenters. The summed E-state index contributed by atoms with van der Waals surface area (Å²) in [6.45, 7) is 1.89. The standard InChI is InChI=1S/C13H11BrFNOS/c1-8-7-18-13(16-8)6-11(17)5-9-4-10(14)2-3-12(9)15/h2-4,7H,5-6H2,1H3. The fourth-order valence-corrected chi connectivity index (χ4v) is 2.82. The van der Waals surface area contributed by atoms with E-state index in [2.05, 4.69) is 20.9 Å². The Morgan fingerprint density at radius 2 is 2.22 bits per heavy atom. The van der Waals surface area contributed by atoms with Crippen LogP contribution in [-0.2, 0) is 17.6 Å². The Morgan fingerprint density at radius 1 is 1.44 bits per heavy atom. The minimum absolute atomic E-state index is 0.0265. The molecule has 0 bridgehead atoms. The summed E-state index contributed by atoms with van der Waals surface area (Å²) in [6.07, 6.45) is 0.369. The van der Waals surface area contributed by atoms with Crippen LogP contribution in [0, 0.1) is 12.7 Å². The minimum Gasteiger partial charge on any atom is -0.299 e. The van der Waals surface area contributed by atoms with Crippen LogP contribution >= 0.6 is 27.3 Å². The third-order valence-corrected chi connectivity index (χ3v) is 3.87. The van der Waals surface area contributed by atoms with E-state index < -0.39 is 0 Å². The molecule has 0 spiro atoms. The van der Waals surface area contributed by atoms with Crippen LogP contribution in [0.3, 0.4) is 0 Å². The third-order valence-electron chi connectivity index (χ3n) is 2.41. The average Bonchev–Trinajstić information content (AvgIpc) is 2.69. The van der Waals surface area contributed by atoms with Gasteiger partial charge < -0.3 is 0 Å². The molecule has 2 rings (SSSR count). The van der Waals surface area contributed by atoms with Gasteiger partial charge in [0.2, 0.25) is 0 Å². The molecule has 0 saturated carbocycles. The lowest BCUT2D eigenvalue weighted by atomic mass is 10.1. The number of rotatable bonds is 4. The van der Waals surface area contributed by atoms with E-state index in [1.165, 1.54) is 17.4 Å². The summed E-state index contributed by atoms with van der Waals surface area (Å²) in [7, 11) is 0. The maximum absolute atomic E-state index is 13.5. The van der Waals surface area contributed by atoms with Crippen molar-refractivity contribution in [2.24, 2.45) is 0 Å². The minimum atomic E-state index is -0.345. The van der Waals surface area contributed by atoms with Crippen molar-refractivity contribution in [3.05, 3.63) is 50.1 Å². The van der Waals surface area contributed by atoms with Crippen LogP contribution in [0.5, 0.6) is 0 Å². The largest absolute Gasteiger partial charge is 0.299 e. The van der Waals surface area contributed by atoms with E-state index in [0.717, 1.165) is 15.2 Å². The third kappa shape index (κ3) is 3.46. The summed E-state index contributed by atoms with van der Waals surface area (Å²) >= 11 is 4.73. The molecule has 1 aromatic heterocycles. The number of carbonyl (C=O) groups excluding carboxylic acids is 1. The van der Waals surface area contributed by atoms with Crippen molar-refractivity contribution in [2.45, 2.75) is 19.8 Å². The van der Waals surface area contributed by atoms with E-state index in [4.69, 9.17) is 0 Å². The average molecular weight is 328 g/mol. The molecule has 0 saturated heterocycles. The van der Waals surface area contributed by atoms with Gasteiger partial charge in [-0.05, 0) is 30.7 Å². The van der Waals surface area contributed by atoms with E-state index in [9.17, 15) is 9.18 Å². The number of benzene rings is 1. The predicted octanol–water partition coefficient (Wildman–Crippen LogP) is 3.71. The Bertz CT molecular complexity index is 582. The number of hydrogen-bond donors (Lipinski definition) is 0. The number of ketones is 1. The highest BCUT2D eigenvalue weighted by molar-refractivity contribution is 9.10. The number of hydrogen-bond acceptors (Lipinski definition) is 3. The maximum atomic E-state index is 13.5. The zero-order valence-electron chi connectivity index (χ0n) is 9.74. The zero-order chi connectivity index (χ0) is 13.1. The van der Waals surface area contributed by atoms with E-state index >= 15 is 0 Å². The second kappa shape index (κ2) is 5.71. The first-order valence-corrected chi connectivity index (χ1v) is 7.08. The van der Waals surface area contributed by atoms with Gasteiger partial charge in [0.1, 0.15) is 16.6 Å². The normalized spacial score (nSPS) is 10.6. The van der Waals surface area contributed by atoms with Crippen molar-refractivity contribution in [3.8, 4) is 0 Å². The fourth-order valence-electron chi connectivity index (χ4n) is 1.61. The lowest BCUT2D eigenvalue weighted by Crippen LogP contribution is -2.07. The number of aryl methyl sites for hydroxylation is 1. The van der Waals surface area contributed by atoms with Crippen molar-refractivity contribution < 1.29 is 9.18 Å². The molecule has 0 aliphatic carbocycles. The summed E-state index contributed by atoms with van der Waals surface area (Å²) in [5.74, 6) is -0.372. The molecule has 0 atom stereocenters. The Morgan fingerprint density at radius 3 is 2.89 bits per heavy atom. The van der Waals surface area contributed by atoms with Crippen molar-refractivity contribution in [1.29, 1.82) is 0 Å². The Labute approximate surface area is 117 Å². The van der Waals surface area contributed by atoms with Crippen LogP contribution in [0.2, 0.25) is 0 Å². The lowest BCUT2D eigenvalue weighted by molar-refractivity contribution is -0.117. The van der Waals surface area contributed by atoms with Gasteiger partial charge in [-0.2, -0.15) is 0 Å². The van der Waals surface area contributed by atoms with Crippen molar-refractivity contribution in [1.82, 2.24) is 4.98 Å². The molecule has 0 aliphatic heterocycles. The molecular formula is C13H11BrFNOS. The quantitative estimate of drug-likeness (QED) is 0.856. The summed E-state index contributed by atoms with van der Waals surface area (Å²) in [5, 5.41) is 2.69. The monoisotopic (exact) mass is 327 g/mol. The summed E-state index contributed by atoms with van der Waals surface area (Å²) in [6, 6.07) is 4.62. The van der Waals surface area contributed by atoms with Crippen molar-refractivity contribution in [2.75, 3.05) is 0 Å². The number of nitrogens with zero attached hydrogens (tertiary/aromatic N) is 1. The zero-order valence-corrected chi connectivity index (χ0v) is 12.1. The topological polar surface area (TPSA) is 30.0 Å². The van der Waals surface area contributed by atoms with Crippen LogP contribution in [0.4, 0.5) is 4.39 Å². The van der Waals surface area contributed by atoms with E-state index in [-0.39, 0.29) is 24.4 Å². The van der Waals surface area contributed by atoms with E-state index in [1.807, 2.05) is 12.3 Å². The van der Waals surface area contributed by atoms with Gasteiger partial charge in [0.15, 0.2) is 0 Å². The number of halogens is 2. The second-order valence-electron chi connectivity index (χ2n) is 4.01.